The van der Waals surface area contributed by atoms with Gasteiger partial charge in [0.05, 0.1) is 40.8 Å². The number of aliphatic imine (C=N–C) groups is 1. The Labute approximate surface area is 262 Å². The number of hydrogen-bond donors (Lipinski definition) is 2. The smallest absolute Gasteiger partial charge is 0.309 e. The van der Waals surface area contributed by atoms with Crippen molar-refractivity contribution < 1.29 is 29.3 Å². The number of fused-ring (bicyclic) bond motifs is 1. The molecule has 1 unspecified atom stereocenters. The van der Waals surface area contributed by atoms with Crippen LogP contribution in [0.2, 0.25) is 5.15 Å². The molecule has 2 aliphatic heterocycles. The van der Waals surface area contributed by atoms with E-state index in [9.17, 15) is 19.8 Å². The zero-order valence-electron chi connectivity index (χ0n) is 25.6. The van der Waals surface area contributed by atoms with Gasteiger partial charge in [-0.25, -0.2) is 15.0 Å². The maximum atomic E-state index is 13.4. The number of Topliss-reactive ketones (excluding diaryl/α,β-unsaturated/α-hetero) is 1. The van der Waals surface area contributed by atoms with E-state index in [1.165, 1.54) is 11.3 Å². The minimum Gasteiger partial charge on any atom is -0.472 e. The number of hydrogen-bond acceptors (Lipinski definition) is 10. The maximum Gasteiger partial charge on any atom is 0.309 e. The molecule has 0 aliphatic carbocycles. The van der Waals surface area contributed by atoms with E-state index in [-0.39, 0.29) is 24.2 Å². The van der Waals surface area contributed by atoms with Gasteiger partial charge in [0.25, 0.3) is 0 Å². The number of ether oxygens (including phenoxy) is 2. The van der Waals surface area contributed by atoms with Gasteiger partial charge in [-0.2, -0.15) is 0 Å². The summed E-state index contributed by atoms with van der Waals surface area (Å²) >= 11 is 7.68. The first-order valence-corrected chi connectivity index (χ1v) is 16.1. The number of carbonyl (C=O) groups is 2. The molecule has 0 amide bonds. The third-order valence-corrected chi connectivity index (χ3v) is 9.68. The number of halogens is 1. The van der Waals surface area contributed by atoms with Crippen LogP contribution in [-0.2, 0) is 19.1 Å². The predicted molar refractivity (Wildman–Crippen MR) is 167 cm³/mol. The highest BCUT2D eigenvalue weighted by Gasteiger charge is 2.43. The van der Waals surface area contributed by atoms with Crippen molar-refractivity contribution in [2.45, 2.75) is 104 Å². The van der Waals surface area contributed by atoms with Gasteiger partial charge in [-0.15, -0.1) is 11.3 Å². The number of thiazole rings is 1. The molecule has 0 spiro atoms. The number of nitrogens with zero attached hydrogens (tertiary/aromatic N) is 3. The highest BCUT2D eigenvalue weighted by molar-refractivity contribution is 7.09. The van der Waals surface area contributed by atoms with Gasteiger partial charge in [-0.05, 0) is 56.4 Å². The lowest BCUT2D eigenvalue weighted by atomic mass is 9.73. The van der Waals surface area contributed by atoms with Gasteiger partial charge in [0.2, 0.25) is 5.90 Å². The molecular formula is C32H42ClN3O6S. The number of aryl methyl sites for hydroxylation is 1. The number of rotatable bonds is 3. The number of aliphatic hydroxyl groups excluding tert-OH is 2. The van der Waals surface area contributed by atoms with Crippen LogP contribution in [-0.4, -0.2) is 68.3 Å². The van der Waals surface area contributed by atoms with Crippen molar-refractivity contribution in [2.75, 3.05) is 0 Å². The molecule has 234 valence electrons. The third kappa shape index (κ3) is 8.09. The lowest BCUT2D eigenvalue weighted by Gasteiger charge is -2.34. The Kier molecular flexibility index (Phi) is 10.8. The summed E-state index contributed by atoms with van der Waals surface area (Å²) < 4.78 is 12.4. The van der Waals surface area contributed by atoms with Gasteiger partial charge in [-0.3, -0.25) is 9.59 Å². The molecule has 2 aliphatic rings. The zero-order valence-corrected chi connectivity index (χ0v) is 27.2. The quantitative estimate of drug-likeness (QED) is 0.331. The van der Waals surface area contributed by atoms with Crippen LogP contribution in [0.1, 0.15) is 83.0 Å². The molecule has 1 fully saturated rings. The molecule has 9 nitrogen and oxygen atoms in total. The van der Waals surface area contributed by atoms with Crippen molar-refractivity contribution in [3.8, 4) is 0 Å². The molecule has 0 bridgehead atoms. The highest BCUT2D eigenvalue weighted by atomic mass is 35.5. The van der Waals surface area contributed by atoms with E-state index in [1.807, 2.05) is 32.2 Å². The number of esters is 1. The zero-order chi connectivity index (χ0) is 31.5. The average molecular weight is 632 g/mol. The molecule has 0 radical (unpaired) electrons. The maximum absolute atomic E-state index is 13.4. The molecular weight excluding hydrogens is 590 g/mol. The van der Waals surface area contributed by atoms with E-state index in [2.05, 4.69) is 9.97 Å². The topological polar surface area (TPSA) is 131 Å². The Balaban J connectivity index is 1.68. The molecule has 0 saturated carbocycles. The summed E-state index contributed by atoms with van der Waals surface area (Å²) in [7, 11) is 0. The summed E-state index contributed by atoms with van der Waals surface area (Å²) in [6.07, 6.45) is 2.25. The molecule has 4 rings (SSSR count). The molecule has 0 aromatic carbocycles. The molecule has 2 N–H and O–H groups in total. The Morgan fingerprint density at radius 2 is 1.93 bits per heavy atom. The average Bonchev–Trinajstić information content (AvgIpc) is 3.55. The van der Waals surface area contributed by atoms with Crippen molar-refractivity contribution in [2.24, 2.45) is 22.2 Å². The number of ketones is 1. The fourth-order valence-electron chi connectivity index (χ4n) is 5.77. The first-order valence-electron chi connectivity index (χ1n) is 14.8. The van der Waals surface area contributed by atoms with Crippen molar-refractivity contribution in [1.82, 2.24) is 9.97 Å². The summed E-state index contributed by atoms with van der Waals surface area (Å²) in [5, 5.41) is 25.3. The molecule has 4 heterocycles. The second-order valence-corrected chi connectivity index (χ2v) is 13.9. The number of pyridine rings is 1. The lowest BCUT2D eigenvalue weighted by Crippen LogP contribution is -2.46. The van der Waals surface area contributed by atoms with Crippen LogP contribution >= 0.6 is 22.9 Å². The van der Waals surface area contributed by atoms with Crippen LogP contribution in [0.25, 0.3) is 6.08 Å². The Morgan fingerprint density at radius 3 is 2.60 bits per heavy atom. The highest BCUT2D eigenvalue weighted by Crippen LogP contribution is 2.34. The summed E-state index contributed by atoms with van der Waals surface area (Å²) in [5.74, 6) is -1.35. The number of aliphatic hydroxyl groups is 2. The predicted octanol–water partition coefficient (Wildman–Crippen LogP) is 5.58. The van der Waals surface area contributed by atoms with E-state index in [0.29, 0.717) is 35.9 Å². The minimum absolute atomic E-state index is 0.160. The fraction of sp³-hybridized carbons (Fsp3) is 0.594. The standard InChI is InChI=1S/C32H42ClN3O6S/c1-17-8-7-9-23-25(42-31(36-23)21-10-11-34-27(33)13-21)14-24(18(2)12-22-16-43-20(4)35-22)41-28(38)15-26(37)32(5,6)30(40)19(3)29(17)39/h10-13,16-17,19,23-26,29,37,39H,7-9,14-15H2,1-6H3/b18-12+/t17-,19+,23?,24-,25-,26-,29-/m0/s1. The Morgan fingerprint density at radius 1 is 1.19 bits per heavy atom. The molecule has 1 saturated heterocycles. The van der Waals surface area contributed by atoms with Crippen LogP contribution in [0.15, 0.2) is 34.3 Å². The fourth-order valence-corrected chi connectivity index (χ4v) is 6.51. The van der Waals surface area contributed by atoms with Crippen molar-refractivity contribution in [3.63, 3.8) is 0 Å². The van der Waals surface area contributed by atoms with Crippen molar-refractivity contribution in [1.29, 1.82) is 0 Å². The lowest BCUT2D eigenvalue weighted by molar-refractivity contribution is -0.155. The van der Waals surface area contributed by atoms with Crippen molar-refractivity contribution in [3.05, 3.63) is 50.7 Å². The van der Waals surface area contributed by atoms with Gasteiger partial charge in [0.1, 0.15) is 23.1 Å². The second-order valence-electron chi connectivity index (χ2n) is 12.4. The van der Waals surface area contributed by atoms with E-state index >= 15 is 0 Å². The van der Waals surface area contributed by atoms with Crippen LogP contribution in [0.4, 0.5) is 0 Å². The number of carbonyl (C=O) groups excluding carboxylic acids is 2. The SMILES string of the molecule is C/C(=C\c1csc(C)n1)[C@@H]1C[C@@H]2OC(c3ccnc(Cl)c3)=NC2CCC[C@H](C)[C@H](O)[C@@H](C)C(=O)C(C)(C)[C@@H](O)CC(=O)O1. The van der Waals surface area contributed by atoms with Crippen LogP contribution < -0.4 is 0 Å². The molecule has 7 atom stereocenters. The van der Waals surface area contributed by atoms with Gasteiger partial charge in [-0.1, -0.05) is 45.7 Å². The normalized spacial score (nSPS) is 31.1. The molecule has 43 heavy (non-hydrogen) atoms. The van der Waals surface area contributed by atoms with Crippen LogP contribution in [0, 0.1) is 24.2 Å². The van der Waals surface area contributed by atoms with Gasteiger partial charge in [0, 0.05) is 29.5 Å². The largest absolute Gasteiger partial charge is 0.472 e. The second kappa shape index (κ2) is 14.0. The number of cyclic esters (lactones) is 1. The minimum atomic E-state index is -1.29. The first-order chi connectivity index (χ1) is 20.3. The van der Waals surface area contributed by atoms with E-state index < -0.39 is 41.7 Å². The third-order valence-electron chi connectivity index (χ3n) is 8.69. The van der Waals surface area contributed by atoms with Gasteiger partial charge >= 0.3 is 5.97 Å². The summed E-state index contributed by atoms with van der Waals surface area (Å²) in [6, 6.07) is 3.24. The summed E-state index contributed by atoms with van der Waals surface area (Å²) in [6.45, 7) is 10.6. The first kappa shape index (κ1) is 33.2. The van der Waals surface area contributed by atoms with Crippen LogP contribution in [0.5, 0.6) is 0 Å². The molecule has 11 heteroatoms. The Bertz CT molecular complexity index is 1370. The van der Waals surface area contributed by atoms with E-state index in [4.69, 9.17) is 26.1 Å². The molecule has 2 aromatic rings. The summed E-state index contributed by atoms with van der Waals surface area (Å²) in [4.78, 5) is 40.2. The Hall–Kier alpha value is -2.66. The summed E-state index contributed by atoms with van der Waals surface area (Å²) in [5.41, 5.74) is 0.989. The van der Waals surface area contributed by atoms with E-state index in [1.54, 1.807) is 39.1 Å². The van der Waals surface area contributed by atoms with Gasteiger partial charge < -0.3 is 19.7 Å². The van der Waals surface area contributed by atoms with Gasteiger partial charge in [0.15, 0.2) is 0 Å². The van der Waals surface area contributed by atoms with E-state index in [0.717, 1.165) is 22.7 Å². The molecule has 2 aromatic heterocycles. The van der Waals surface area contributed by atoms with Crippen molar-refractivity contribution >= 4 is 46.7 Å². The monoisotopic (exact) mass is 631 g/mol. The number of aromatic nitrogens is 2. The van der Waals surface area contributed by atoms with Crippen LogP contribution in [0.3, 0.4) is 0 Å².